The largest absolute Gasteiger partial charge is 0.308 e. The van der Waals surface area contributed by atoms with Crippen molar-refractivity contribution in [2.24, 2.45) is 0 Å². The molecule has 0 saturated carbocycles. The molecule has 1 aromatic heterocycles. The molecule has 0 radical (unpaired) electrons. The number of Topliss-reactive ketones (excluding diaryl/α,β-unsaturated/α-hetero) is 1. The lowest BCUT2D eigenvalue weighted by Crippen LogP contribution is -2.27. The van der Waals surface area contributed by atoms with Gasteiger partial charge in [0.05, 0.1) is 10.2 Å². The summed E-state index contributed by atoms with van der Waals surface area (Å²) in [6.45, 7) is 6.23. The molecule has 1 aliphatic heterocycles. The number of hydrogen-bond acceptors (Lipinski definition) is 4. The molecule has 1 saturated heterocycles. The summed E-state index contributed by atoms with van der Waals surface area (Å²) in [5.41, 5.74) is 1.70. The van der Waals surface area contributed by atoms with Gasteiger partial charge in [-0.25, -0.2) is 0 Å². The number of aryl methyl sites for hydroxylation is 1. The second-order valence-electron chi connectivity index (χ2n) is 6.98. The van der Waals surface area contributed by atoms with Crippen LogP contribution in [-0.4, -0.2) is 34.9 Å². The topological polar surface area (TPSA) is 42.3 Å². The third-order valence-corrected chi connectivity index (χ3v) is 5.96. The molecule has 144 valence electrons. The van der Waals surface area contributed by atoms with Gasteiger partial charge in [0, 0.05) is 18.5 Å². The fraction of sp³-hybridized carbons (Fsp3) is 0.600. The Morgan fingerprint density at radius 1 is 1.12 bits per heavy atom. The van der Waals surface area contributed by atoms with Crippen LogP contribution in [0.15, 0.2) is 23.0 Å². The maximum absolute atomic E-state index is 12.4. The Hall–Kier alpha value is -1.17. The van der Waals surface area contributed by atoms with E-state index in [0.29, 0.717) is 6.42 Å². The molecule has 26 heavy (non-hydrogen) atoms. The lowest BCUT2D eigenvalue weighted by molar-refractivity contribution is 0.0982. The summed E-state index contributed by atoms with van der Waals surface area (Å²) in [5, 5.41) is 0. The monoisotopic (exact) mass is 396 g/mol. The first kappa shape index (κ1) is 21.1. The molecule has 0 spiro atoms. The summed E-state index contributed by atoms with van der Waals surface area (Å²) in [5.74, 6) is 0.165. The molecule has 0 aliphatic carbocycles. The number of aromatic nitrogens is 1. The number of benzene rings is 1. The van der Waals surface area contributed by atoms with Crippen LogP contribution in [-0.2, 0) is 6.54 Å². The first-order valence-corrected chi connectivity index (χ1v) is 10.4. The standard InChI is InChI=1S/C20H28N2O2S.ClH/c1-2-8-18(23)16-9-10-17-19(15-16)25-20(24)22(17)14-7-13-21-11-5-3-4-6-12-21;/h9-10,15H,2-8,11-14H2,1H3;1H. The van der Waals surface area contributed by atoms with Gasteiger partial charge in [-0.05, 0) is 63.5 Å². The molecule has 2 aromatic rings. The van der Waals surface area contributed by atoms with Gasteiger partial charge in [-0.2, -0.15) is 0 Å². The van der Waals surface area contributed by atoms with Crippen molar-refractivity contribution in [3.8, 4) is 0 Å². The average Bonchev–Trinajstić information content (AvgIpc) is 2.77. The minimum absolute atomic E-state index is 0. The molecule has 1 aromatic carbocycles. The van der Waals surface area contributed by atoms with Crippen molar-refractivity contribution in [3.05, 3.63) is 33.4 Å². The fourth-order valence-electron chi connectivity index (χ4n) is 3.64. The SMILES string of the molecule is CCCC(=O)c1ccc2c(c1)sc(=O)n2CCCN1CCCCCC1.Cl. The Morgan fingerprint density at radius 2 is 1.85 bits per heavy atom. The van der Waals surface area contributed by atoms with E-state index in [4.69, 9.17) is 0 Å². The Labute approximate surface area is 165 Å². The number of thiazole rings is 1. The lowest BCUT2D eigenvalue weighted by atomic mass is 10.1. The van der Waals surface area contributed by atoms with Crippen molar-refractivity contribution in [3.63, 3.8) is 0 Å². The summed E-state index contributed by atoms with van der Waals surface area (Å²) in [4.78, 5) is 27.1. The zero-order valence-corrected chi connectivity index (χ0v) is 17.2. The van der Waals surface area contributed by atoms with Gasteiger partial charge in [-0.3, -0.25) is 14.2 Å². The smallest absolute Gasteiger partial charge is 0.303 e. The number of carbonyl (C=O) groups is 1. The molecule has 2 heterocycles. The van der Waals surface area contributed by atoms with Gasteiger partial charge in [0.25, 0.3) is 0 Å². The van der Waals surface area contributed by atoms with Crippen molar-refractivity contribution in [1.82, 2.24) is 9.47 Å². The molecule has 0 atom stereocenters. The van der Waals surface area contributed by atoms with Crippen LogP contribution in [0.3, 0.4) is 0 Å². The summed E-state index contributed by atoms with van der Waals surface area (Å²) >= 11 is 1.26. The van der Waals surface area contributed by atoms with E-state index < -0.39 is 0 Å². The van der Waals surface area contributed by atoms with E-state index in [2.05, 4.69) is 4.90 Å². The number of carbonyl (C=O) groups excluding carboxylic acids is 1. The van der Waals surface area contributed by atoms with Gasteiger partial charge < -0.3 is 4.90 Å². The van der Waals surface area contributed by atoms with Gasteiger partial charge in [-0.1, -0.05) is 31.1 Å². The minimum Gasteiger partial charge on any atom is -0.303 e. The molecule has 1 fully saturated rings. The molecule has 3 rings (SSSR count). The molecule has 0 bridgehead atoms. The van der Waals surface area contributed by atoms with Crippen molar-refractivity contribution in [1.29, 1.82) is 0 Å². The number of nitrogens with zero attached hydrogens (tertiary/aromatic N) is 2. The number of likely N-dealkylation sites (tertiary alicyclic amines) is 1. The van der Waals surface area contributed by atoms with Crippen LogP contribution in [0.1, 0.15) is 62.2 Å². The van der Waals surface area contributed by atoms with Crippen molar-refractivity contribution in [2.75, 3.05) is 19.6 Å². The minimum atomic E-state index is 0. The highest BCUT2D eigenvalue weighted by Crippen LogP contribution is 2.21. The van der Waals surface area contributed by atoms with Crippen LogP contribution >= 0.6 is 23.7 Å². The second-order valence-corrected chi connectivity index (χ2v) is 7.98. The molecule has 0 N–H and O–H groups in total. The third-order valence-electron chi connectivity index (χ3n) is 5.02. The number of ketones is 1. The zero-order chi connectivity index (χ0) is 17.6. The van der Waals surface area contributed by atoms with E-state index in [1.807, 2.05) is 29.7 Å². The van der Waals surface area contributed by atoms with Gasteiger partial charge in [0.15, 0.2) is 5.78 Å². The maximum Gasteiger partial charge on any atom is 0.308 e. The summed E-state index contributed by atoms with van der Waals surface area (Å²) in [7, 11) is 0. The molecule has 0 amide bonds. The Morgan fingerprint density at radius 3 is 2.54 bits per heavy atom. The van der Waals surface area contributed by atoms with Crippen molar-refractivity contribution >= 4 is 39.7 Å². The summed E-state index contributed by atoms with van der Waals surface area (Å²) in [6, 6.07) is 5.71. The summed E-state index contributed by atoms with van der Waals surface area (Å²) in [6.07, 6.45) is 7.73. The van der Waals surface area contributed by atoms with E-state index in [0.717, 1.165) is 41.7 Å². The van der Waals surface area contributed by atoms with E-state index >= 15 is 0 Å². The molecule has 6 heteroatoms. The molecule has 0 unspecified atom stereocenters. The maximum atomic E-state index is 12.4. The average molecular weight is 397 g/mol. The van der Waals surface area contributed by atoms with Gasteiger partial charge in [0.2, 0.25) is 0 Å². The van der Waals surface area contributed by atoms with E-state index in [1.165, 1.54) is 50.1 Å². The second kappa shape index (κ2) is 10.2. The molecule has 1 aliphatic rings. The molecule has 4 nitrogen and oxygen atoms in total. The molecular weight excluding hydrogens is 368 g/mol. The molecular formula is C20H29ClN2O2S. The van der Waals surface area contributed by atoms with Gasteiger partial charge in [0.1, 0.15) is 0 Å². The third kappa shape index (κ3) is 5.18. The highest BCUT2D eigenvalue weighted by atomic mass is 35.5. The first-order valence-electron chi connectivity index (χ1n) is 9.58. The predicted molar refractivity (Wildman–Crippen MR) is 112 cm³/mol. The van der Waals surface area contributed by atoms with E-state index in [1.54, 1.807) is 0 Å². The Balaban J connectivity index is 0.00000243. The predicted octanol–water partition coefficient (Wildman–Crippen LogP) is 4.73. The van der Waals surface area contributed by atoms with Crippen LogP contribution in [0.5, 0.6) is 0 Å². The highest BCUT2D eigenvalue weighted by molar-refractivity contribution is 7.16. The Kier molecular flexibility index (Phi) is 8.32. The van der Waals surface area contributed by atoms with Gasteiger partial charge in [-0.15, -0.1) is 12.4 Å². The van der Waals surface area contributed by atoms with Crippen molar-refractivity contribution in [2.45, 2.75) is 58.4 Å². The number of halogens is 1. The van der Waals surface area contributed by atoms with Crippen LogP contribution < -0.4 is 4.87 Å². The van der Waals surface area contributed by atoms with Crippen LogP contribution in [0, 0.1) is 0 Å². The first-order chi connectivity index (χ1) is 12.2. The number of hydrogen-bond donors (Lipinski definition) is 0. The Bertz CT molecular complexity index is 776. The number of rotatable bonds is 7. The highest BCUT2D eigenvalue weighted by Gasteiger charge is 2.12. The van der Waals surface area contributed by atoms with Gasteiger partial charge >= 0.3 is 4.87 Å². The van der Waals surface area contributed by atoms with Crippen molar-refractivity contribution < 1.29 is 4.79 Å². The quantitative estimate of drug-likeness (QED) is 0.635. The zero-order valence-electron chi connectivity index (χ0n) is 15.5. The van der Waals surface area contributed by atoms with Crippen LogP contribution in [0.2, 0.25) is 0 Å². The van der Waals surface area contributed by atoms with Crippen LogP contribution in [0.25, 0.3) is 10.2 Å². The summed E-state index contributed by atoms with van der Waals surface area (Å²) < 4.78 is 2.81. The normalized spacial score (nSPS) is 15.6. The fourth-order valence-corrected chi connectivity index (χ4v) is 4.59. The lowest BCUT2D eigenvalue weighted by Gasteiger charge is -2.19. The number of fused-ring (bicyclic) bond motifs is 1. The van der Waals surface area contributed by atoms with E-state index in [-0.39, 0.29) is 23.1 Å². The van der Waals surface area contributed by atoms with E-state index in [9.17, 15) is 9.59 Å². The van der Waals surface area contributed by atoms with Crippen LogP contribution in [0.4, 0.5) is 0 Å².